The summed E-state index contributed by atoms with van der Waals surface area (Å²) in [6.45, 7) is 1.41. The van der Waals surface area contributed by atoms with Crippen LogP contribution in [-0.2, 0) is 19.9 Å². The zero-order valence-electron chi connectivity index (χ0n) is 19.1. The molecule has 1 aliphatic heterocycles. The predicted octanol–water partition coefficient (Wildman–Crippen LogP) is 1.87. The number of rotatable bonds is 7. The minimum atomic E-state index is -2.17. The molecule has 2 aromatic carbocycles. The molecule has 1 aliphatic rings. The molecule has 34 heavy (non-hydrogen) atoms. The fourth-order valence-corrected chi connectivity index (χ4v) is 4.49. The van der Waals surface area contributed by atoms with E-state index in [1.165, 1.54) is 18.6 Å². The lowest BCUT2D eigenvalue weighted by Gasteiger charge is -2.43. The van der Waals surface area contributed by atoms with Crippen LogP contribution in [0.1, 0.15) is 24.0 Å². The van der Waals surface area contributed by atoms with Crippen molar-refractivity contribution in [2.24, 2.45) is 0 Å². The van der Waals surface area contributed by atoms with Crippen molar-refractivity contribution >= 4 is 17.7 Å². The molecule has 8 nitrogen and oxygen atoms in total. The van der Waals surface area contributed by atoms with Gasteiger partial charge in [-0.2, -0.15) is 0 Å². The second-order valence-corrected chi connectivity index (χ2v) is 8.91. The van der Waals surface area contributed by atoms with E-state index in [0.717, 1.165) is 13.0 Å². The largest absolute Gasteiger partial charge is 0.834 e. The Morgan fingerprint density at radius 2 is 1.74 bits per heavy atom. The predicted molar refractivity (Wildman–Crippen MR) is 124 cm³/mol. The monoisotopic (exact) mass is 460 g/mol. The SMILES string of the molecule is C[N@@+]1(CC(=O)Nc2cnccn2)CCCC(OC(=O)C([O-])(c2ccccc2)c2ccccc2)C1. The third kappa shape index (κ3) is 5.30. The number of esters is 1. The Morgan fingerprint density at radius 1 is 1.09 bits per heavy atom. The van der Waals surface area contributed by atoms with Gasteiger partial charge in [0.05, 0.1) is 19.8 Å². The second-order valence-electron chi connectivity index (χ2n) is 8.91. The van der Waals surface area contributed by atoms with Crippen LogP contribution in [0.5, 0.6) is 0 Å². The highest BCUT2D eigenvalue weighted by Crippen LogP contribution is 2.30. The standard InChI is InChI=1S/C26H28N4O4/c1-30(19-24(31)29-23-17-27-14-15-28-23)16-8-13-22(18-30)34-25(32)26(33,20-9-4-2-5-10-20)21-11-6-3-7-12-21/h2-7,9-12,14-15,17,22H,8,13,16,18-19H2,1H3,(H,28,29,31)/t22?,30-/m1/s1. The van der Waals surface area contributed by atoms with Crippen LogP contribution in [0, 0.1) is 0 Å². The molecule has 1 N–H and O–H groups in total. The Bertz CT molecular complexity index is 1070. The molecule has 2 atom stereocenters. The molecule has 1 unspecified atom stereocenters. The number of amides is 1. The number of nitrogens with zero attached hydrogens (tertiary/aromatic N) is 3. The van der Waals surface area contributed by atoms with Gasteiger partial charge in [-0.3, -0.25) is 14.6 Å². The molecule has 1 amide bonds. The van der Waals surface area contributed by atoms with Gasteiger partial charge in [-0.1, -0.05) is 60.7 Å². The minimum absolute atomic E-state index is 0.193. The van der Waals surface area contributed by atoms with Crippen molar-refractivity contribution in [3.63, 3.8) is 0 Å². The van der Waals surface area contributed by atoms with E-state index in [9.17, 15) is 14.7 Å². The number of likely N-dealkylation sites (N-methyl/N-ethyl adjacent to an activating group) is 1. The van der Waals surface area contributed by atoms with E-state index in [1.54, 1.807) is 60.7 Å². The molecule has 0 radical (unpaired) electrons. The van der Waals surface area contributed by atoms with Crippen LogP contribution in [-0.4, -0.2) is 59.1 Å². The number of benzene rings is 2. The number of piperidine rings is 1. The minimum Gasteiger partial charge on any atom is -0.834 e. The van der Waals surface area contributed by atoms with Gasteiger partial charge in [0.2, 0.25) is 0 Å². The normalized spacial score (nSPS) is 20.4. The van der Waals surface area contributed by atoms with Gasteiger partial charge < -0.3 is 19.6 Å². The zero-order chi connectivity index (χ0) is 24.0. The first-order valence-electron chi connectivity index (χ1n) is 11.3. The average Bonchev–Trinajstić information content (AvgIpc) is 2.85. The van der Waals surface area contributed by atoms with Crippen molar-refractivity contribution < 1.29 is 23.9 Å². The molecule has 1 fully saturated rings. The van der Waals surface area contributed by atoms with E-state index in [0.29, 0.717) is 34.4 Å². The molecule has 3 aromatic rings. The summed E-state index contributed by atoms with van der Waals surface area (Å²) >= 11 is 0. The smallest absolute Gasteiger partial charge is 0.304 e. The number of likely N-dealkylation sites (tertiary alicyclic amines) is 1. The number of nitrogens with one attached hydrogen (secondary N) is 1. The van der Waals surface area contributed by atoms with Crippen LogP contribution >= 0.6 is 0 Å². The van der Waals surface area contributed by atoms with Crippen molar-refractivity contribution in [1.29, 1.82) is 0 Å². The summed E-state index contributed by atoms with van der Waals surface area (Å²) in [5.41, 5.74) is -1.50. The number of carbonyl (C=O) groups is 2. The average molecular weight is 461 g/mol. The lowest BCUT2D eigenvalue weighted by Crippen LogP contribution is -2.58. The van der Waals surface area contributed by atoms with E-state index in [1.807, 2.05) is 7.05 Å². The fraction of sp³-hybridized carbons (Fsp3) is 0.308. The maximum Gasteiger partial charge on any atom is 0.304 e. The molecule has 0 spiro atoms. The van der Waals surface area contributed by atoms with E-state index in [2.05, 4.69) is 15.3 Å². The molecule has 176 valence electrons. The molecule has 1 aromatic heterocycles. The fourth-order valence-electron chi connectivity index (χ4n) is 4.49. The number of anilines is 1. The summed E-state index contributed by atoms with van der Waals surface area (Å²) in [5, 5.41) is 16.8. The van der Waals surface area contributed by atoms with Crippen LogP contribution in [0.3, 0.4) is 0 Å². The van der Waals surface area contributed by atoms with Crippen molar-refractivity contribution in [3.05, 3.63) is 90.4 Å². The van der Waals surface area contributed by atoms with E-state index < -0.39 is 17.7 Å². The number of hydrogen-bond acceptors (Lipinski definition) is 6. The topological polar surface area (TPSA) is 104 Å². The molecule has 0 aliphatic carbocycles. The van der Waals surface area contributed by atoms with Gasteiger partial charge >= 0.3 is 5.97 Å². The number of quaternary nitrogens is 1. The number of ether oxygens (including phenoxy) is 1. The highest BCUT2D eigenvalue weighted by molar-refractivity contribution is 5.90. The number of hydrogen-bond donors (Lipinski definition) is 1. The second kappa shape index (κ2) is 10.1. The quantitative estimate of drug-likeness (QED) is 0.426. The van der Waals surface area contributed by atoms with Crippen molar-refractivity contribution in [2.75, 3.05) is 32.0 Å². The Hall–Kier alpha value is -3.62. The summed E-state index contributed by atoms with van der Waals surface area (Å²) in [6, 6.07) is 17.2. The molecule has 0 bridgehead atoms. The van der Waals surface area contributed by atoms with Crippen LogP contribution in [0.15, 0.2) is 79.3 Å². The third-order valence-electron chi connectivity index (χ3n) is 6.15. The number of aromatic nitrogens is 2. The first-order valence-corrected chi connectivity index (χ1v) is 11.3. The first kappa shape index (κ1) is 23.5. The first-order chi connectivity index (χ1) is 16.4. The Morgan fingerprint density at radius 3 is 2.32 bits per heavy atom. The molecule has 8 heteroatoms. The highest BCUT2D eigenvalue weighted by atomic mass is 16.6. The van der Waals surface area contributed by atoms with Crippen molar-refractivity contribution in [1.82, 2.24) is 9.97 Å². The van der Waals surface area contributed by atoms with Gasteiger partial charge in [-0.15, -0.1) is 0 Å². The van der Waals surface area contributed by atoms with E-state index in [4.69, 9.17) is 4.74 Å². The Labute approximate surface area is 198 Å². The molecular weight excluding hydrogens is 432 g/mol. The van der Waals surface area contributed by atoms with E-state index >= 15 is 0 Å². The van der Waals surface area contributed by atoms with Crippen LogP contribution in [0.25, 0.3) is 0 Å². The zero-order valence-corrected chi connectivity index (χ0v) is 19.1. The molecule has 4 rings (SSSR count). The summed E-state index contributed by atoms with van der Waals surface area (Å²) in [7, 11) is 1.95. The molecule has 2 heterocycles. The Balaban J connectivity index is 1.47. The van der Waals surface area contributed by atoms with Crippen LogP contribution in [0.2, 0.25) is 0 Å². The molecule has 1 saturated heterocycles. The van der Waals surface area contributed by atoms with Gasteiger partial charge in [0.15, 0.2) is 18.5 Å². The summed E-state index contributed by atoms with van der Waals surface area (Å²) in [4.78, 5) is 34.0. The van der Waals surface area contributed by atoms with Crippen LogP contribution in [0.4, 0.5) is 5.82 Å². The number of carbonyl (C=O) groups excluding carboxylic acids is 2. The summed E-state index contributed by atoms with van der Waals surface area (Å²) in [6.07, 6.45) is 5.49. The van der Waals surface area contributed by atoms with Crippen LogP contribution < -0.4 is 10.4 Å². The van der Waals surface area contributed by atoms with Gasteiger partial charge in [-0.25, -0.2) is 4.98 Å². The molecule has 0 saturated carbocycles. The lowest BCUT2D eigenvalue weighted by atomic mass is 9.86. The van der Waals surface area contributed by atoms with Crippen molar-refractivity contribution in [3.8, 4) is 0 Å². The Kier molecular flexibility index (Phi) is 7.00. The maximum absolute atomic E-state index is 14.1. The molecular formula is C26H28N4O4. The summed E-state index contributed by atoms with van der Waals surface area (Å²) in [5.74, 6) is -0.630. The van der Waals surface area contributed by atoms with Gasteiger partial charge in [0.1, 0.15) is 6.54 Å². The highest BCUT2D eigenvalue weighted by Gasteiger charge is 2.38. The van der Waals surface area contributed by atoms with Gasteiger partial charge in [0.25, 0.3) is 5.91 Å². The summed E-state index contributed by atoms with van der Waals surface area (Å²) < 4.78 is 6.23. The maximum atomic E-state index is 14.1. The van der Waals surface area contributed by atoms with Gasteiger partial charge in [0, 0.05) is 24.4 Å². The van der Waals surface area contributed by atoms with Gasteiger partial charge in [-0.05, 0) is 17.5 Å². The lowest BCUT2D eigenvalue weighted by molar-refractivity contribution is -0.909. The third-order valence-corrected chi connectivity index (χ3v) is 6.15. The van der Waals surface area contributed by atoms with E-state index in [-0.39, 0.29) is 12.5 Å². The van der Waals surface area contributed by atoms with Crippen molar-refractivity contribution in [2.45, 2.75) is 24.5 Å².